The Labute approximate surface area is 56.5 Å². The summed E-state index contributed by atoms with van der Waals surface area (Å²) in [5, 5.41) is 0. The second kappa shape index (κ2) is 5.35. The van der Waals surface area contributed by atoms with Crippen molar-refractivity contribution in [2.45, 2.75) is 0 Å². The van der Waals surface area contributed by atoms with Crippen LogP contribution in [0.2, 0.25) is 0 Å². The van der Waals surface area contributed by atoms with Crippen LogP contribution in [-0.2, 0) is 19.7 Å². The zero-order chi connectivity index (χ0) is 7.11. The van der Waals surface area contributed by atoms with Crippen molar-refractivity contribution in [3.05, 3.63) is 12.8 Å². The molecule has 0 N–H and O–H groups in total. The van der Waals surface area contributed by atoms with E-state index < -0.39 is 11.4 Å². The first-order chi connectivity index (χ1) is 4.31. The van der Waals surface area contributed by atoms with Gasteiger partial charge < -0.3 is 4.18 Å². The van der Waals surface area contributed by atoms with Crippen LogP contribution in [0.4, 0.5) is 0 Å². The van der Waals surface area contributed by atoms with E-state index in [4.69, 9.17) is 6.42 Å². The van der Waals surface area contributed by atoms with E-state index in [0.29, 0.717) is 0 Å². The maximum absolute atomic E-state index is 10.3. The Morgan fingerprint density at radius 2 is 2.56 bits per heavy atom. The van der Waals surface area contributed by atoms with Crippen molar-refractivity contribution in [3.63, 3.8) is 0 Å². The van der Waals surface area contributed by atoms with Gasteiger partial charge in [0, 0.05) is 0 Å². The van der Waals surface area contributed by atoms with E-state index in [1.165, 1.54) is 0 Å². The molecule has 0 saturated carbocycles. The molecule has 1 atom stereocenters. The highest BCUT2D eigenvalue weighted by Gasteiger charge is 1.93. The molecule has 3 nitrogen and oxygen atoms in total. The fraction of sp³-hybridized carbons (Fsp3) is 0.200. The molecule has 0 saturated heterocycles. The lowest BCUT2D eigenvalue weighted by molar-refractivity contribution is 0.334. The molecule has 0 aromatic heterocycles. The van der Waals surface area contributed by atoms with Crippen molar-refractivity contribution < 1.29 is 12.6 Å². The molecule has 0 aromatic rings. The molecule has 1 unspecified atom stereocenters. The minimum atomic E-state index is -1.78. The summed E-state index contributed by atoms with van der Waals surface area (Å²) in [5.74, 6) is 2.13. The van der Waals surface area contributed by atoms with Gasteiger partial charge in [0.1, 0.15) is 6.61 Å². The Kier molecular flexibility index (Phi) is 4.88. The van der Waals surface area contributed by atoms with E-state index in [2.05, 4.69) is 20.9 Å². The SMILES string of the molecule is C#CCOS(=O)OC=C. The molecule has 0 rings (SSSR count). The minimum absolute atomic E-state index is 0.0273. The lowest BCUT2D eigenvalue weighted by Crippen LogP contribution is -1.97. The zero-order valence-corrected chi connectivity index (χ0v) is 5.52. The highest BCUT2D eigenvalue weighted by molar-refractivity contribution is 7.75. The van der Waals surface area contributed by atoms with Gasteiger partial charge in [0.05, 0.1) is 6.26 Å². The standard InChI is InChI=1S/C5H6O3S/c1-3-5-8-9(6)7-4-2/h1,4H,2,5H2. The van der Waals surface area contributed by atoms with Gasteiger partial charge in [-0.05, 0) is 0 Å². The molecule has 0 aliphatic carbocycles. The third-order valence-electron chi connectivity index (χ3n) is 0.385. The first-order valence-electron chi connectivity index (χ1n) is 2.07. The van der Waals surface area contributed by atoms with Gasteiger partial charge in [0.2, 0.25) is 0 Å². The molecule has 0 amide bonds. The van der Waals surface area contributed by atoms with Crippen LogP contribution in [0.15, 0.2) is 12.8 Å². The molecule has 0 aliphatic rings. The molecule has 0 spiro atoms. The third kappa shape index (κ3) is 5.07. The highest BCUT2D eigenvalue weighted by atomic mass is 32.2. The fourth-order valence-corrected chi connectivity index (χ4v) is 0.496. The average Bonchev–Trinajstić information content (AvgIpc) is 1.85. The third-order valence-corrected chi connectivity index (χ3v) is 0.989. The Morgan fingerprint density at radius 3 is 3.00 bits per heavy atom. The molecule has 9 heavy (non-hydrogen) atoms. The molecule has 0 aliphatic heterocycles. The van der Waals surface area contributed by atoms with Crippen LogP contribution in [0, 0.1) is 12.3 Å². The quantitative estimate of drug-likeness (QED) is 0.424. The summed E-state index contributed by atoms with van der Waals surface area (Å²) in [7, 11) is 0. The predicted molar refractivity (Wildman–Crippen MR) is 34.2 cm³/mol. The van der Waals surface area contributed by atoms with Gasteiger partial charge in [-0.2, -0.15) is 4.21 Å². The highest BCUT2D eigenvalue weighted by Crippen LogP contribution is 1.86. The summed E-state index contributed by atoms with van der Waals surface area (Å²) in [6, 6.07) is 0. The second-order valence-electron chi connectivity index (χ2n) is 0.933. The summed E-state index contributed by atoms with van der Waals surface area (Å²) in [5.41, 5.74) is 0. The molecule has 0 radical (unpaired) electrons. The Morgan fingerprint density at radius 1 is 1.89 bits per heavy atom. The van der Waals surface area contributed by atoms with Crippen molar-refractivity contribution in [1.82, 2.24) is 0 Å². The van der Waals surface area contributed by atoms with Gasteiger partial charge in [-0.15, -0.1) is 6.42 Å². The average molecular weight is 146 g/mol. The summed E-state index contributed by atoms with van der Waals surface area (Å²) in [6.45, 7) is 3.13. The van der Waals surface area contributed by atoms with E-state index in [9.17, 15) is 4.21 Å². The molecule has 0 fully saturated rings. The first kappa shape index (κ1) is 8.21. The van der Waals surface area contributed by atoms with Gasteiger partial charge in [0.15, 0.2) is 0 Å². The van der Waals surface area contributed by atoms with Gasteiger partial charge >= 0.3 is 11.4 Å². The van der Waals surface area contributed by atoms with Crippen LogP contribution in [0.3, 0.4) is 0 Å². The van der Waals surface area contributed by atoms with Crippen LogP contribution in [0.25, 0.3) is 0 Å². The maximum atomic E-state index is 10.3. The number of terminal acetylenes is 1. The smallest absolute Gasteiger partial charge is 0.360 e. The van der Waals surface area contributed by atoms with Crippen LogP contribution in [0.5, 0.6) is 0 Å². The summed E-state index contributed by atoms with van der Waals surface area (Å²) < 4.78 is 18.9. The topological polar surface area (TPSA) is 35.5 Å². The van der Waals surface area contributed by atoms with Crippen LogP contribution in [0.1, 0.15) is 0 Å². The van der Waals surface area contributed by atoms with Crippen molar-refractivity contribution in [1.29, 1.82) is 0 Å². The van der Waals surface area contributed by atoms with Crippen molar-refractivity contribution in [3.8, 4) is 12.3 Å². The lowest BCUT2D eigenvalue weighted by atomic mass is 10.8. The van der Waals surface area contributed by atoms with Gasteiger partial charge in [-0.3, -0.25) is 0 Å². The van der Waals surface area contributed by atoms with Gasteiger partial charge in [0.25, 0.3) is 0 Å². The summed E-state index contributed by atoms with van der Waals surface area (Å²) in [4.78, 5) is 0. The molecule has 0 aromatic carbocycles. The molecular weight excluding hydrogens is 140 g/mol. The van der Waals surface area contributed by atoms with E-state index in [0.717, 1.165) is 6.26 Å². The normalized spacial score (nSPS) is 11.4. The number of rotatable bonds is 4. The van der Waals surface area contributed by atoms with Gasteiger partial charge in [-0.1, -0.05) is 12.5 Å². The maximum Gasteiger partial charge on any atom is 0.360 e. The van der Waals surface area contributed by atoms with Crippen LogP contribution >= 0.6 is 0 Å². The van der Waals surface area contributed by atoms with Gasteiger partial charge in [-0.25, -0.2) is 4.18 Å². The Bertz CT molecular complexity index is 147. The van der Waals surface area contributed by atoms with E-state index in [1.54, 1.807) is 0 Å². The molecule has 0 heterocycles. The zero-order valence-electron chi connectivity index (χ0n) is 4.70. The summed E-state index contributed by atoms with van der Waals surface area (Å²) in [6.07, 6.45) is 5.80. The monoisotopic (exact) mass is 146 g/mol. The minimum Gasteiger partial charge on any atom is -0.389 e. The molecular formula is C5H6O3S. The number of hydrogen-bond donors (Lipinski definition) is 0. The number of hydrogen-bond acceptors (Lipinski definition) is 3. The summed E-state index contributed by atoms with van der Waals surface area (Å²) >= 11 is -1.78. The van der Waals surface area contributed by atoms with E-state index >= 15 is 0 Å². The van der Waals surface area contributed by atoms with Crippen LogP contribution < -0.4 is 0 Å². The second-order valence-corrected chi connectivity index (χ2v) is 1.77. The largest absolute Gasteiger partial charge is 0.389 e. The van der Waals surface area contributed by atoms with Crippen LogP contribution in [-0.4, -0.2) is 10.8 Å². The van der Waals surface area contributed by atoms with Crippen molar-refractivity contribution >= 4 is 11.4 Å². The van der Waals surface area contributed by atoms with E-state index in [-0.39, 0.29) is 6.61 Å². The Balaban J connectivity index is 3.29. The fourth-order valence-electron chi connectivity index (χ4n) is 0.165. The predicted octanol–water partition coefficient (Wildman–Crippen LogP) is 0.375. The molecule has 4 heteroatoms. The van der Waals surface area contributed by atoms with Crippen molar-refractivity contribution in [2.75, 3.05) is 6.61 Å². The van der Waals surface area contributed by atoms with Crippen molar-refractivity contribution in [2.24, 2.45) is 0 Å². The Hall–Kier alpha value is -0.790. The molecule has 50 valence electrons. The lowest BCUT2D eigenvalue weighted by Gasteiger charge is -1.93. The first-order valence-corrected chi connectivity index (χ1v) is 3.07. The van der Waals surface area contributed by atoms with E-state index in [1.807, 2.05) is 0 Å². The molecule has 0 bridgehead atoms.